The Morgan fingerprint density at radius 3 is 2.54 bits per heavy atom. The molecule has 0 spiro atoms. The van der Waals surface area contributed by atoms with Crippen LogP contribution in [-0.4, -0.2) is 23.7 Å². The van der Waals surface area contributed by atoms with Crippen molar-refractivity contribution < 1.29 is 22.8 Å². The van der Waals surface area contributed by atoms with Crippen LogP contribution in [0, 0.1) is 5.41 Å². The first-order chi connectivity index (χ1) is 11.1. The van der Waals surface area contributed by atoms with Crippen molar-refractivity contribution in [3.8, 4) is 0 Å². The summed E-state index contributed by atoms with van der Waals surface area (Å²) in [7, 11) is 0. The highest BCUT2D eigenvalue weighted by atomic mass is 35.5. The van der Waals surface area contributed by atoms with E-state index in [1.807, 2.05) is 6.92 Å². The Morgan fingerprint density at radius 1 is 1.38 bits per heavy atom. The lowest BCUT2D eigenvalue weighted by Crippen LogP contribution is -2.22. The van der Waals surface area contributed by atoms with Crippen LogP contribution >= 0.6 is 11.6 Å². The number of carbonyl (C=O) groups is 2. The summed E-state index contributed by atoms with van der Waals surface area (Å²) in [5.41, 5.74) is -1.09. The molecule has 1 aliphatic carbocycles. The van der Waals surface area contributed by atoms with Gasteiger partial charge in [-0.2, -0.15) is 23.3 Å². The molecule has 1 aromatic rings. The standard InChI is InChI=1S/C15H13ClF3N3O2/c1-14(4-5-14)13(24)20-8-2-3-10(9(16)6-8)22-12(23)7-11(21-22)15(17,18)19/h2-3,6H,4-5,7H2,1H3,(H,20,24). The summed E-state index contributed by atoms with van der Waals surface area (Å²) >= 11 is 6.05. The molecule has 0 unspecified atom stereocenters. The zero-order valence-corrected chi connectivity index (χ0v) is 13.3. The molecule has 0 saturated heterocycles. The van der Waals surface area contributed by atoms with Gasteiger partial charge in [0.2, 0.25) is 5.91 Å². The maximum Gasteiger partial charge on any atom is 0.431 e. The zero-order valence-electron chi connectivity index (χ0n) is 12.6. The first-order valence-corrected chi connectivity index (χ1v) is 7.57. The van der Waals surface area contributed by atoms with E-state index < -0.39 is 24.2 Å². The van der Waals surface area contributed by atoms with Gasteiger partial charge in [-0.05, 0) is 31.0 Å². The van der Waals surface area contributed by atoms with Crippen LogP contribution in [0.3, 0.4) is 0 Å². The van der Waals surface area contributed by atoms with E-state index in [-0.39, 0.29) is 22.0 Å². The van der Waals surface area contributed by atoms with Gasteiger partial charge in [-0.15, -0.1) is 0 Å². The summed E-state index contributed by atoms with van der Waals surface area (Å²) < 4.78 is 38.0. The van der Waals surface area contributed by atoms with Gasteiger partial charge in [-0.25, -0.2) is 0 Å². The SMILES string of the molecule is CC1(C(=O)Nc2ccc(N3N=C(C(F)(F)F)CC3=O)c(Cl)c2)CC1. The molecule has 1 N–H and O–H groups in total. The number of alkyl halides is 3. The van der Waals surface area contributed by atoms with Gasteiger partial charge in [0.25, 0.3) is 5.91 Å². The van der Waals surface area contributed by atoms with E-state index >= 15 is 0 Å². The van der Waals surface area contributed by atoms with E-state index in [9.17, 15) is 22.8 Å². The van der Waals surface area contributed by atoms with Crippen LogP contribution in [0.15, 0.2) is 23.3 Å². The molecule has 2 amide bonds. The van der Waals surface area contributed by atoms with Gasteiger partial charge < -0.3 is 5.32 Å². The summed E-state index contributed by atoms with van der Waals surface area (Å²) in [5, 5.41) is 6.68. The molecule has 3 rings (SSSR count). The molecule has 2 aliphatic rings. The Balaban J connectivity index is 1.81. The van der Waals surface area contributed by atoms with E-state index in [4.69, 9.17) is 11.6 Å². The zero-order chi connectivity index (χ0) is 17.7. The summed E-state index contributed by atoms with van der Waals surface area (Å²) in [6, 6.07) is 4.21. The largest absolute Gasteiger partial charge is 0.431 e. The van der Waals surface area contributed by atoms with E-state index in [0.29, 0.717) is 10.7 Å². The molecular formula is C15H13ClF3N3O2. The molecule has 0 bridgehead atoms. The Hall–Kier alpha value is -2.09. The molecule has 5 nitrogen and oxygen atoms in total. The minimum absolute atomic E-state index is 0.0225. The quantitative estimate of drug-likeness (QED) is 0.893. The third-order valence-corrected chi connectivity index (χ3v) is 4.39. The van der Waals surface area contributed by atoms with Crippen molar-refractivity contribution in [1.82, 2.24) is 0 Å². The van der Waals surface area contributed by atoms with Crippen LogP contribution in [0.2, 0.25) is 5.02 Å². The van der Waals surface area contributed by atoms with Crippen LogP contribution in [0.1, 0.15) is 26.2 Å². The topological polar surface area (TPSA) is 61.8 Å². The summed E-state index contributed by atoms with van der Waals surface area (Å²) in [4.78, 5) is 23.8. The van der Waals surface area contributed by atoms with Gasteiger partial charge in [0.05, 0.1) is 17.1 Å². The van der Waals surface area contributed by atoms with Crippen molar-refractivity contribution in [2.75, 3.05) is 10.3 Å². The van der Waals surface area contributed by atoms with Crippen LogP contribution < -0.4 is 10.3 Å². The van der Waals surface area contributed by atoms with Crippen molar-refractivity contribution in [1.29, 1.82) is 0 Å². The van der Waals surface area contributed by atoms with Crippen molar-refractivity contribution in [2.24, 2.45) is 10.5 Å². The summed E-state index contributed by atoms with van der Waals surface area (Å²) in [5.74, 6) is -0.951. The predicted molar refractivity (Wildman–Crippen MR) is 83.0 cm³/mol. The van der Waals surface area contributed by atoms with Gasteiger partial charge in [0.15, 0.2) is 5.71 Å². The summed E-state index contributed by atoms with van der Waals surface area (Å²) in [6.45, 7) is 1.84. The number of hydrogen-bond donors (Lipinski definition) is 1. The lowest BCUT2D eigenvalue weighted by Gasteiger charge is -2.15. The molecule has 1 aliphatic heterocycles. The minimum atomic E-state index is -4.66. The maximum atomic E-state index is 12.7. The molecule has 0 aromatic heterocycles. The molecular weight excluding hydrogens is 347 g/mol. The van der Waals surface area contributed by atoms with Crippen LogP contribution in [0.5, 0.6) is 0 Å². The number of benzene rings is 1. The van der Waals surface area contributed by atoms with E-state index in [1.165, 1.54) is 18.2 Å². The third kappa shape index (κ3) is 3.10. The van der Waals surface area contributed by atoms with E-state index in [1.54, 1.807) is 0 Å². The van der Waals surface area contributed by atoms with Crippen molar-refractivity contribution in [2.45, 2.75) is 32.4 Å². The highest BCUT2D eigenvalue weighted by Crippen LogP contribution is 2.46. The molecule has 9 heteroatoms. The van der Waals surface area contributed by atoms with Gasteiger partial charge >= 0.3 is 6.18 Å². The molecule has 1 saturated carbocycles. The van der Waals surface area contributed by atoms with Crippen molar-refractivity contribution in [3.05, 3.63) is 23.2 Å². The number of hydrazone groups is 1. The monoisotopic (exact) mass is 359 g/mol. The number of nitrogens with one attached hydrogen (secondary N) is 1. The lowest BCUT2D eigenvalue weighted by molar-refractivity contribution is -0.120. The fraction of sp³-hybridized carbons (Fsp3) is 0.400. The fourth-order valence-corrected chi connectivity index (χ4v) is 2.49. The average Bonchev–Trinajstić information content (AvgIpc) is 3.10. The highest BCUT2D eigenvalue weighted by Gasteiger charge is 2.45. The second kappa shape index (κ2) is 5.47. The number of hydrogen-bond acceptors (Lipinski definition) is 3. The molecule has 0 atom stereocenters. The maximum absolute atomic E-state index is 12.7. The van der Waals surface area contributed by atoms with E-state index in [0.717, 1.165) is 12.8 Å². The smallest absolute Gasteiger partial charge is 0.326 e. The van der Waals surface area contributed by atoms with Gasteiger partial charge in [-0.1, -0.05) is 18.5 Å². The predicted octanol–water partition coefficient (Wildman–Crippen LogP) is 3.73. The molecule has 1 heterocycles. The number of halogens is 4. The number of nitrogens with zero attached hydrogens (tertiary/aromatic N) is 2. The first kappa shape index (κ1) is 16.8. The summed E-state index contributed by atoms with van der Waals surface area (Å²) in [6.07, 6.45) is -3.87. The second-order valence-corrected chi connectivity index (χ2v) is 6.51. The number of rotatable bonds is 3. The number of anilines is 2. The van der Waals surface area contributed by atoms with Crippen LogP contribution in [0.25, 0.3) is 0 Å². The molecule has 1 fully saturated rings. The molecule has 24 heavy (non-hydrogen) atoms. The Morgan fingerprint density at radius 2 is 2.04 bits per heavy atom. The second-order valence-electron chi connectivity index (χ2n) is 6.11. The first-order valence-electron chi connectivity index (χ1n) is 7.19. The number of amides is 2. The highest BCUT2D eigenvalue weighted by molar-refractivity contribution is 6.34. The van der Waals surface area contributed by atoms with Crippen LogP contribution in [0.4, 0.5) is 24.5 Å². The van der Waals surface area contributed by atoms with Crippen molar-refractivity contribution in [3.63, 3.8) is 0 Å². The van der Waals surface area contributed by atoms with Crippen molar-refractivity contribution >= 4 is 40.5 Å². The Bertz CT molecular complexity index is 757. The average molecular weight is 360 g/mol. The minimum Gasteiger partial charge on any atom is -0.326 e. The Labute approximate surface area is 140 Å². The molecule has 0 radical (unpaired) electrons. The van der Waals surface area contributed by atoms with E-state index in [2.05, 4.69) is 10.4 Å². The molecule has 1 aromatic carbocycles. The third-order valence-electron chi connectivity index (χ3n) is 4.08. The van der Waals surface area contributed by atoms with Gasteiger partial charge in [-0.3, -0.25) is 9.59 Å². The number of carbonyl (C=O) groups excluding carboxylic acids is 2. The fourth-order valence-electron chi connectivity index (χ4n) is 2.23. The van der Waals surface area contributed by atoms with Gasteiger partial charge in [0.1, 0.15) is 0 Å². The van der Waals surface area contributed by atoms with Gasteiger partial charge in [0, 0.05) is 11.1 Å². The molecule has 128 valence electrons. The normalized spacial score (nSPS) is 19.3. The Kier molecular flexibility index (Phi) is 3.82. The van der Waals surface area contributed by atoms with Crippen LogP contribution in [-0.2, 0) is 9.59 Å². The lowest BCUT2D eigenvalue weighted by atomic mass is 10.1.